The van der Waals surface area contributed by atoms with E-state index in [-0.39, 0.29) is 11.4 Å². The smallest absolute Gasteiger partial charge is 0.220 e. The van der Waals surface area contributed by atoms with Crippen LogP contribution in [0.15, 0.2) is 0 Å². The second kappa shape index (κ2) is 7.85. The lowest BCUT2D eigenvalue weighted by Crippen LogP contribution is -2.54. The Kier molecular flexibility index (Phi) is 6.80. The number of nitrogens with two attached hydrogens (primary N) is 1. The van der Waals surface area contributed by atoms with Crippen LogP contribution in [0.3, 0.4) is 0 Å². The van der Waals surface area contributed by atoms with E-state index in [1.807, 2.05) is 0 Å². The number of piperidine rings is 1. The quantitative estimate of drug-likeness (QED) is 0.740. The summed E-state index contributed by atoms with van der Waals surface area (Å²) in [6, 6.07) is 0. The fraction of sp³-hybridized carbons (Fsp3) is 0.933. The topological polar surface area (TPSA) is 58.4 Å². The highest BCUT2D eigenvalue weighted by molar-refractivity contribution is 5.75. The number of carbonyl (C=O) groups is 1. The molecule has 4 nitrogen and oxygen atoms in total. The second-order valence-corrected chi connectivity index (χ2v) is 6.34. The molecule has 1 aliphatic heterocycles. The maximum absolute atomic E-state index is 11.7. The van der Waals surface area contributed by atoms with Crippen molar-refractivity contribution in [3.63, 3.8) is 0 Å². The van der Waals surface area contributed by atoms with Gasteiger partial charge in [-0.05, 0) is 52.1 Å². The van der Waals surface area contributed by atoms with Gasteiger partial charge >= 0.3 is 0 Å². The third-order valence-electron chi connectivity index (χ3n) is 4.28. The number of rotatable bonds is 7. The lowest BCUT2D eigenvalue weighted by Gasteiger charge is -2.43. The van der Waals surface area contributed by atoms with Gasteiger partial charge in [0, 0.05) is 25.0 Å². The first-order chi connectivity index (χ1) is 8.99. The Bertz CT molecular complexity index is 279. The summed E-state index contributed by atoms with van der Waals surface area (Å²) < 4.78 is 0. The van der Waals surface area contributed by atoms with Crippen molar-refractivity contribution in [3.8, 4) is 0 Å². The monoisotopic (exact) mass is 269 g/mol. The molecule has 0 aromatic heterocycles. The lowest BCUT2D eigenvalue weighted by atomic mass is 9.91. The van der Waals surface area contributed by atoms with E-state index >= 15 is 0 Å². The van der Waals surface area contributed by atoms with Crippen molar-refractivity contribution < 1.29 is 4.79 Å². The van der Waals surface area contributed by atoms with Crippen LogP contribution >= 0.6 is 0 Å². The highest BCUT2D eigenvalue weighted by Crippen LogP contribution is 2.25. The summed E-state index contributed by atoms with van der Waals surface area (Å²) in [6.07, 6.45) is 5.21. The Labute approximate surface area is 118 Å². The van der Waals surface area contributed by atoms with E-state index in [2.05, 4.69) is 31.0 Å². The van der Waals surface area contributed by atoms with Gasteiger partial charge in [0.05, 0.1) is 0 Å². The summed E-state index contributed by atoms with van der Waals surface area (Å²) in [4.78, 5) is 14.2. The fourth-order valence-corrected chi connectivity index (χ4v) is 2.73. The van der Waals surface area contributed by atoms with Crippen LogP contribution in [0.1, 0.15) is 52.9 Å². The van der Waals surface area contributed by atoms with Gasteiger partial charge in [-0.2, -0.15) is 0 Å². The summed E-state index contributed by atoms with van der Waals surface area (Å²) in [7, 11) is 0. The Hall–Kier alpha value is -0.610. The molecule has 1 heterocycles. The average molecular weight is 269 g/mol. The minimum atomic E-state index is 0.0478. The number of hydrogen-bond acceptors (Lipinski definition) is 3. The summed E-state index contributed by atoms with van der Waals surface area (Å²) in [5.74, 6) is 0.948. The summed E-state index contributed by atoms with van der Waals surface area (Å²) in [5.41, 5.74) is 5.47. The molecule has 19 heavy (non-hydrogen) atoms. The largest absolute Gasteiger partial charge is 0.354 e. The Morgan fingerprint density at radius 3 is 2.84 bits per heavy atom. The molecule has 1 unspecified atom stereocenters. The van der Waals surface area contributed by atoms with E-state index in [0.717, 1.165) is 25.4 Å². The van der Waals surface area contributed by atoms with Gasteiger partial charge in [0.25, 0.3) is 0 Å². The van der Waals surface area contributed by atoms with Gasteiger partial charge in [-0.3, -0.25) is 9.69 Å². The maximum Gasteiger partial charge on any atom is 0.220 e. The first kappa shape index (κ1) is 16.4. The van der Waals surface area contributed by atoms with Crippen molar-refractivity contribution in [3.05, 3.63) is 0 Å². The number of nitrogens with one attached hydrogen (secondary N) is 1. The molecule has 1 aliphatic rings. The SMILES string of the molecule is CCC1CCCN(C(C)(C)CNC(=O)CCCN)C1. The standard InChI is InChI=1S/C15H31N3O/c1-4-13-7-6-10-18(11-13)15(2,3)12-17-14(19)8-5-9-16/h13H,4-12,16H2,1-3H3,(H,17,19). The van der Waals surface area contributed by atoms with E-state index in [1.54, 1.807) is 0 Å². The number of likely N-dealkylation sites (tertiary alicyclic amines) is 1. The Balaban J connectivity index is 2.39. The van der Waals surface area contributed by atoms with Crippen LogP contribution in [0.25, 0.3) is 0 Å². The lowest BCUT2D eigenvalue weighted by molar-refractivity contribution is -0.121. The molecule has 112 valence electrons. The van der Waals surface area contributed by atoms with Gasteiger partial charge in [-0.15, -0.1) is 0 Å². The number of nitrogens with zero attached hydrogens (tertiary/aromatic N) is 1. The average Bonchev–Trinajstić information content (AvgIpc) is 2.43. The molecule has 1 rings (SSSR count). The third-order valence-corrected chi connectivity index (χ3v) is 4.28. The summed E-state index contributed by atoms with van der Waals surface area (Å²) in [6.45, 7) is 10.4. The van der Waals surface area contributed by atoms with Gasteiger partial charge in [-0.25, -0.2) is 0 Å². The summed E-state index contributed by atoms with van der Waals surface area (Å²) in [5, 5.41) is 3.05. The van der Waals surface area contributed by atoms with E-state index in [1.165, 1.54) is 25.8 Å². The van der Waals surface area contributed by atoms with Crippen LogP contribution in [-0.2, 0) is 4.79 Å². The molecule has 0 bridgehead atoms. The molecule has 0 radical (unpaired) electrons. The molecule has 0 saturated carbocycles. The van der Waals surface area contributed by atoms with Crippen molar-refractivity contribution in [1.82, 2.24) is 10.2 Å². The zero-order valence-corrected chi connectivity index (χ0v) is 12.9. The van der Waals surface area contributed by atoms with Crippen molar-refractivity contribution in [1.29, 1.82) is 0 Å². The highest BCUT2D eigenvalue weighted by Gasteiger charge is 2.30. The zero-order valence-electron chi connectivity index (χ0n) is 12.9. The molecule has 1 atom stereocenters. The van der Waals surface area contributed by atoms with Crippen LogP contribution in [0.2, 0.25) is 0 Å². The van der Waals surface area contributed by atoms with Crippen LogP contribution in [0.5, 0.6) is 0 Å². The van der Waals surface area contributed by atoms with E-state index in [4.69, 9.17) is 5.73 Å². The first-order valence-electron chi connectivity index (χ1n) is 7.71. The van der Waals surface area contributed by atoms with E-state index < -0.39 is 0 Å². The van der Waals surface area contributed by atoms with E-state index in [0.29, 0.717) is 13.0 Å². The molecule has 3 N–H and O–H groups in total. The van der Waals surface area contributed by atoms with Crippen molar-refractivity contribution >= 4 is 5.91 Å². The van der Waals surface area contributed by atoms with Gasteiger partial charge < -0.3 is 11.1 Å². The fourth-order valence-electron chi connectivity index (χ4n) is 2.73. The molecule has 0 spiro atoms. The number of hydrogen-bond donors (Lipinski definition) is 2. The van der Waals surface area contributed by atoms with Crippen LogP contribution in [-0.4, -0.2) is 42.5 Å². The minimum Gasteiger partial charge on any atom is -0.354 e. The Morgan fingerprint density at radius 2 is 2.21 bits per heavy atom. The number of amides is 1. The van der Waals surface area contributed by atoms with Crippen LogP contribution in [0, 0.1) is 5.92 Å². The van der Waals surface area contributed by atoms with Crippen molar-refractivity contribution in [2.45, 2.75) is 58.4 Å². The molecule has 0 aromatic carbocycles. The summed E-state index contributed by atoms with van der Waals surface area (Å²) >= 11 is 0. The normalized spacial score (nSPS) is 21.4. The Morgan fingerprint density at radius 1 is 1.47 bits per heavy atom. The molecule has 0 aromatic rings. The second-order valence-electron chi connectivity index (χ2n) is 6.34. The maximum atomic E-state index is 11.7. The molecular formula is C15H31N3O. The molecular weight excluding hydrogens is 238 g/mol. The predicted octanol–water partition coefficient (Wildman–Crippen LogP) is 1.74. The third kappa shape index (κ3) is 5.49. The first-order valence-corrected chi connectivity index (χ1v) is 7.71. The van der Waals surface area contributed by atoms with Gasteiger partial charge in [0.2, 0.25) is 5.91 Å². The van der Waals surface area contributed by atoms with Gasteiger partial charge in [0.15, 0.2) is 0 Å². The molecule has 1 amide bonds. The predicted molar refractivity (Wildman–Crippen MR) is 80.0 cm³/mol. The molecule has 1 saturated heterocycles. The van der Waals surface area contributed by atoms with Gasteiger partial charge in [0.1, 0.15) is 0 Å². The number of carbonyl (C=O) groups excluding carboxylic acids is 1. The van der Waals surface area contributed by atoms with Gasteiger partial charge in [-0.1, -0.05) is 13.3 Å². The molecule has 1 fully saturated rings. The molecule has 4 heteroatoms. The molecule has 0 aliphatic carbocycles. The van der Waals surface area contributed by atoms with E-state index in [9.17, 15) is 4.79 Å². The van der Waals surface area contributed by atoms with Crippen LogP contribution < -0.4 is 11.1 Å². The van der Waals surface area contributed by atoms with Crippen molar-refractivity contribution in [2.75, 3.05) is 26.2 Å². The van der Waals surface area contributed by atoms with Crippen molar-refractivity contribution in [2.24, 2.45) is 11.7 Å². The minimum absolute atomic E-state index is 0.0478. The van der Waals surface area contributed by atoms with Crippen LogP contribution in [0.4, 0.5) is 0 Å². The zero-order chi connectivity index (χ0) is 14.3. The highest BCUT2D eigenvalue weighted by atomic mass is 16.1.